The molecule has 0 unspecified atom stereocenters. The number of carbonyl (C=O) groups is 2. The third-order valence-corrected chi connectivity index (χ3v) is 3.59. The highest BCUT2D eigenvalue weighted by Crippen LogP contribution is 2.19. The average Bonchev–Trinajstić information content (AvgIpc) is 2.68. The lowest BCUT2D eigenvalue weighted by atomic mass is 10.2. The quantitative estimate of drug-likeness (QED) is 0.600. The molecule has 27 heavy (non-hydrogen) atoms. The van der Waals surface area contributed by atoms with E-state index >= 15 is 0 Å². The number of hydrogen-bond acceptors (Lipinski definition) is 5. The molecule has 0 bridgehead atoms. The van der Waals surface area contributed by atoms with Gasteiger partial charge in [-0.2, -0.15) is 5.26 Å². The lowest BCUT2D eigenvalue weighted by molar-refractivity contribution is -0.148. The van der Waals surface area contributed by atoms with Crippen molar-refractivity contribution in [1.82, 2.24) is 0 Å². The van der Waals surface area contributed by atoms with E-state index in [4.69, 9.17) is 14.7 Å². The fourth-order valence-corrected chi connectivity index (χ4v) is 2.25. The van der Waals surface area contributed by atoms with E-state index in [-0.39, 0.29) is 0 Å². The van der Waals surface area contributed by atoms with Gasteiger partial charge in [-0.1, -0.05) is 30.3 Å². The summed E-state index contributed by atoms with van der Waals surface area (Å²) in [5.74, 6) is -0.519. The van der Waals surface area contributed by atoms with E-state index in [1.807, 2.05) is 31.2 Å². The molecule has 0 aliphatic heterocycles. The summed E-state index contributed by atoms with van der Waals surface area (Å²) >= 11 is 0. The Morgan fingerprint density at radius 3 is 2.63 bits per heavy atom. The number of hydrogen-bond donors (Lipinski definition) is 1. The molecule has 0 spiro atoms. The lowest BCUT2D eigenvalue weighted by Gasteiger charge is -2.13. The van der Waals surface area contributed by atoms with E-state index in [0.717, 1.165) is 5.56 Å². The maximum Gasteiger partial charge on any atom is 0.331 e. The molecule has 0 radical (unpaired) electrons. The van der Waals surface area contributed by atoms with Crippen LogP contribution in [0.4, 0.5) is 5.69 Å². The predicted octanol–water partition coefficient (Wildman–Crippen LogP) is 3.54. The number of carbonyl (C=O) groups excluding carboxylic acids is 2. The molecule has 1 N–H and O–H groups in total. The standard InChI is InChI=1S/C21H20N2O4/c1-3-26-19-11-7-5-8-16(19)12-13-20(24)27-15(2)21(25)23-18-10-6-4-9-17(18)14-22/h4-13,15H,3H2,1-2H3,(H,23,25)/b13-12+/t15-/m1/s1. The van der Waals surface area contributed by atoms with Gasteiger partial charge >= 0.3 is 5.97 Å². The molecule has 1 amide bonds. The van der Waals surface area contributed by atoms with E-state index in [1.165, 1.54) is 13.0 Å². The van der Waals surface area contributed by atoms with Gasteiger partial charge in [0.15, 0.2) is 6.10 Å². The van der Waals surface area contributed by atoms with Crippen molar-refractivity contribution >= 4 is 23.6 Å². The van der Waals surface area contributed by atoms with Gasteiger partial charge in [0.25, 0.3) is 5.91 Å². The molecule has 138 valence electrons. The summed E-state index contributed by atoms with van der Waals surface area (Å²) in [5, 5.41) is 11.6. The smallest absolute Gasteiger partial charge is 0.331 e. The first-order chi connectivity index (χ1) is 13.0. The SMILES string of the molecule is CCOc1ccccc1/C=C/C(=O)O[C@H](C)C(=O)Nc1ccccc1C#N. The molecule has 6 nitrogen and oxygen atoms in total. The number of ether oxygens (including phenoxy) is 2. The second-order valence-corrected chi connectivity index (χ2v) is 5.53. The van der Waals surface area contributed by atoms with Gasteiger partial charge in [0.2, 0.25) is 0 Å². The molecule has 6 heteroatoms. The Labute approximate surface area is 158 Å². The van der Waals surface area contributed by atoms with E-state index < -0.39 is 18.0 Å². The van der Waals surface area contributed by atoms with Gasteiger partial charge in [-0.15, -0.1) is 0 Å². The molecule has 2 rings (SSSR count). The largest absolute Gasteiger partial charge is 0.493 e. The third kappa shape index (κ3) is 5.72. The second-order valence-electron chi connectivity index (χ2n) is 5.53. The van der Waals surface area contributed by atoms with Gasteiger partial charge in [0, 0.05) is 11.6 Å². The van der Waals surface area contributed by atoms with Crippen LogP contribution < -0.4 is 10.1 Å². The number of benzene rings is 2. The summed E-state index contributed by atoms with van der Waals surface area (Å²) < 4.78 is 10.6. The van der Waals surface area contributed by atoms with Crippen molar-refractivity contribution in [3.05, 3.63) is 65.7 Å². The summed E-state index contributed by atoms with van der Waals surface area (Å²) in [4.78, 5) is 24.2. The first kappa shape index (κ1) is 19.7. The molecule has 0 aliphatic carbocycles. The minimum atomic E-state index is -1.02. The number of nitriles is 1. The number of nitrogens with one attached hydrogen (secondary N) is 1. The fourth-order valence-electron chi connectivity index (χ4n) is 2.25. The molecular weight excluding hydrogens is 344 g/mol. The van der Waals surface area contributed by atoms with Crippen LogP contribution in [0.3, 0.4) is 0 Å². The average molecular weight is 364 g/mol. The van der Waals surface area contributed by atoms with Crippen LogP contribution in [-0.4, -0.2) is 24.6 Å². The minimum Gasteiger partial charge on any atom is -0.493 e. The minimum absolute atomic E-state index is 0.330. The number of para-hydroxylation sites is 2. The normalized spacial score (nSPS) is 11.4. The van der Waals surface area contributed by atoms with Crippen molar-refractivity contribution in [2.24, 2.45) is 0 Å². The lowest BCUT2D eigenvalue weighted by Crippen LogP contribution is -2.29. The first-order valence-corrected chi connectivity index (χ1v) is 8.45. The van der Waals surface area contributed by atoms with E-state index in [0.29, 0.717) is 23.6 Å². The Morgan fingerprint density at radius 1 is 1.19 bits per heavy atom. The van der Waals surface area contributed by atoms with Crippen LogP contribution in [0.2, 0.25) is 0 Å². The zero-order valence-corrected chi connectivity index (χ0v) is 15.1. The topological polar surface area (TPSA) is 88.4 Å². The molecule has 0 aromatic heterocycles. The molecule has 2 aromatic carbocycles. The number of anilines is 1. The molecule has 0 fully saturated rings. The summed E-state index contributed by atoms with van der Waals surface area (Å²) in [7, 11) is 0. The summed E-state index contributed by atoms with van der Waals surface area (Å²) in [6.45, 7) is 3.85. The number of amides is 1. The second kappa shape index (κ2) is 9.78. The van der Waals surface area contributed by atoms with Crippen molar-refractivity contribution < 1.29 is 19.1 Å². The molecule has 0 saturated heterocycles. The zero-order chi connectivity index (χ0) is 19.6. The van der Waals surface area contributed by atoms with E-state index in [1.54, 1.807) is 36.4 Å². The summed E-state index contributed by atoms with van der Waals surface area (Å²) in [5.41, 5.74) is 1.43. The Morgan fingerprint density at radius 2 is 1.89 bits per heavy atom. The molecule has 1 atom stereocenters. The summed E-state index contributed by atoms with van der Waals surface area (Å²) in [6, 6.07) is 15.9. The Hall–Kier alpha value is -3.59. The van der Waals surface area contributed by atoms with Crippen LogP contribution in [0.5, 0.6) is 5.75 Å². The maximum atomic E-state index is 12.2. The molecule has 0 aliphatic rings. The molecule has 0 heterocycles. The Bertz CT molecular complexity index is 884. The van der Waals surface area contributed by atoms with Crippen molar-refractivity contribution in [3.8, 4) is 11.8 Å². The fraction of sp³-hybridized carbons (Fsp3) is 0.190. The third-order valence-electron chi connectivity index (χ3n) is 3.59. The van der Waals surface area contributed by atoms with Crippen LogP contribution in [0, 0.1) is 11.3 Å². The summed E-state index contributed by atoms with van der Waals surface area (Å²) in [6.07, 6.45) is 1.80. The van der Waals surface area contributed by atoms with E-state index in [9.17, 15) is 9.59 Å². The predicted molar refractivity (Wildman–Crippen MR) is 102 cm³/mol. The molecule has 0 saturated carbocycles. The van der Waals surface area contributed by atoms with Gasteiger partial charge < -0.3 is 14.8 Å². The van der Waals surface area contributed by atoms with Gasteiger partial charge in [0.1, 0.15) is 11.8 Å². The molecular formula is C21H20N2O4. The Balaban J connectivity index is 1.97. The van der Waals surface area contributed by atoms with Crippen LogP contribution >= 0.6 is 0 Å². The highest BCUT2D eigenvalue weighted by molar-refractivity contribution is 5.97. The van der Waals surface area contributed by atoms with Crippen molar-refractivity contribution in [2.75, 3.05) is 11.9 Å². The zero-order valence-electron chi connectivity index (χ0n) is 15.1. The van der Waals surface area contributed by atoms with Crippen LogP contribution in [0.1, 0.15) is 25.0 Å². The monoisotopic (exact) mass is 364 g/mol. The van der Waals surface area contributed by atoms with Gasteiger partial charge in [0.05, 0.1) is 17.9 Å². The number of esters is 1. The van der Waals surface area contributed by atoms with Gasteiger partial charge in [-0.3, -0.25) is 4.79 Å². The van der Waals surface area contributed by atoms with Crippen molar-refractivity contribution in [1.29, 1.82) is 5.26 Å². The number of nitrogens with zero attached hydrogens (tertiary/aromatic N) is 1. The highest BCUT2D eigenvalue weighted by Gasteiger charge is 2.17. The Kier molecular flexibility index (Phi) is 7.15. The highest BCUT2D eigenvalue weighted by atomic mass is 16.5. The van der Waals surface area contributed by atoms with Crippen molar-refractivity contribution in [2.45, 2.75) is 20.0 Å². The van der Waals surface area contributed by atoms with Gasteiger partial charge in [-0.25, -0.2) is 4.79 Å². The van der Waals surface area contributed by atoms with Crippen LogP contribution in [0.25, 0.3) is 6.08 Å². The first-order valence-electron chi connectivity index (χ1n) is 8.45. The van der Waals surface area contributed by atoms with Crippen LogP contribution in [0.15, 0.2) is 54.6 Å². The van der Waals surface area contributed by atoms with Crippen LogP contribution in [-0.2, 0) is 14.3 Å². The van der Waals surface area contributed by atoms with Crippen molar-refractivity contribution in [3.63, 3.8) is 0 Å². The van der Waals surface area contributed by atoms with Gasteiger partial charge in [-0.05, 0) is 38.1 Å². The molecule has 2 aromatic rings. The van der Waals surface area contributed by atoms with E-state index in [2.05, 4.69) is 5.32 Å². The number of rotatable bonds is 7. The maximum absolute atomic E-state index is 12.2.